The number of hydrogen-bond donors (Lipinski definition) is 2. The van der Waals surface area contributed by atoms with Gasteiger partial charge in [-0.2, -0.15) is 5.26 Å². The molecule has 0 atom stereocenters. The molecule has 2 rings (SSSR count). The molecule has 5 heteroatoms. The highest BCUT2D eigenvalue weighted by Gasteiger charge is 2.10. The second-order valence-corrected chi connectivity index (χ2v) is 5.62. The summed E-state index contributed by atoms with van der Waals surface area (Å²) in [6, 6.07) is 12.0. The number of aromatic hydroxyl groups is 1. The molecular weight excluding hydrogens is 312 g/mol. The lowest BCUT2D eigenvalue weighted by Gasteiger charge is -2.07. The molecule has 0 radical (unpaired) electrons. The maximum Gasteiger partial charge on any atom is 0.266 e. The second-order valence-electron chi connectivity index (χ2n) is 5.21. The first kappa shape index (κ1) is 16.6. The van der Waals surface area contributed by atoms with Crippen molar-refractivity contribution in [3.8, 4) is 11.8 Å². The van der Waals surface area contributed by atoms with E-state index in [0.29, 0.717) is 11.3 Å². The van der Waals surface area contributed by atoms with Gasteiger partial charge in [-0.3, -0.25) is 4.79 Å². The Morgan fingerprint density at radius 1 is 1.22 bits per heavy atom. The van der Waals surface area contributed by atoms with E-state index in [4.69, 9.17) is 11.6 Å². The number of nitriles is 1. The van der Waals surface area contributed by atoms with Crippen LogP contribution in [0.2, 0.25) is 5.02 Å². The molecule has 0 fully saturated rings. The summed E-state index contributed by atoms with van der Waals surface area (Å²) in [5, 5.41) is 21.5. The zero-order chi connectivity index (χ0) is 17.0. The number of anilines is 1. The quantitative estimate of drug-likeness (QED) is 0.655. The molecule has 0 spiro atoms. The van der Waals surface area contributed by atoms with Crippen LogP contribution in [0.5, 0.6) is 5.75 Å². The molecule has 0 saturated carbocycles. The molecule has 0 heterocycles. The van der Waals surface area contributed by atoms with Gasteiger partial charge in [0.05, 0.1) is 5.02 Å². The highest BCUT2D eigenvalue weighted by molar-refractivity contribution is 6.32. The van der Waals surface area contributed by atoms with Crippen molar-refractivity contribution in [3.05, 3.63) is 63.7 Å². The van der Waals surface area contributed by atoms with Crippen LogP contribution >= 0.6 is 11.6 Å². The van der Waals surface area contributed by atoms with Crippen LogP contribution in [-0.2, 0) is 4.79 Å². The molecule has 0 unspecified atom stereocenters. The number of amides is 1. The largest absolute Gasteiger partial charge is 0.506 e. The van der Waals surface area contributed by atoms with Crippen molar-refractivity contribution in [3.63, 3.8) is 0 Å². The van der Waals surface area contributed by atoms with Gasteiger partial charge in [0.2, 0.25) is 0 Å². The minimum absolute atomic E-state index is 0.0501. The van der Waals surface area contributed by atoms with Crippen molar-refractivity contribution < 1.29 is 9.90 Å². The highest BCUT2D eigenvalue weighted by Crippen LogP contribution is 2.25. The summed E-state index contributed by atoms with van der Waals surface area (Å²) in [5.74, 6) is -0.552. The summed E-state index contributed by atoms with van der Waals surface area (Å²) in [5.41, 5.74) is 3.18. The minimum Gasteiger partial charge on any atom is -0.506 e. The molecule has 4 nitrogen and oxygen atoms in total. The summed E-state index contributed by atoms with van der Waals surface area (Å²) in [7, 11) is 0. The summed E-state index contributed by atoms with van der Waals surface area (Å²) in [6.45, 7) is 3.87. The minimum atomic E-state index is -0.498. The van der Waals surface area contributed by atoms with Crippen LogP contribution in [0.4, 0.5) is 5.69 Å². The van der Waals surface area contributed by atoms with Crippen LogP contribution < -0.4 is 5.32 Å². The van der Waals surface area contributed by atoms with Gasteiger partial charge in [0.25, 0.3) is 5.91 Å². The first-order chi connectivity index (χ1) is 10.9. The van der Waals surface area contributed by atoms with Crippen LogP contribution in [0.3, 0.4) is 0 Å². The molecule has 0 aromatic heterocycles. The summed E-state index contributed by atoms with van der Waals surface area (Å²) < 4.78 is 0. The zero-order valence-electron chi connectivity index (χ0n) is 12.7. The van der Waals surface area contributed by atoms with E-state index >= 15 is 0 Å². The first-order valence-electron chi connectivity index (χ1n) is 6.89. The van der Waals surface area contributed by atoms with Crippen molar-refractivity contribution in [1.29, 1.82) is 5.26 Å². The number of aryl methyl sites for hydroxylation is 2. The van der Waals surface area contributed by atoms with Crippen molar-refractivity contribution in [1.82, 2.24) is 0 Å². The Balaban J connectivity index is 2.26. The SMILES string of the molecule is Cc1cc(C)cc(NC(=O)/C(C#N)=C\c2ccc(O)c(Cl)c2)c1. The molecule has 116 valence electrons. The van der Waals surface area contributed by atoms with E-state index in [1.807, 2.05) is 38.1 Å². The number of carbonyl (C=O) groups is 1. The molecule has 2 N–H and O–H groups in total. The Morgan fingerprint density at radius 2 is 1.87 bits per heavy atom. The van der Waals surface area contributed by atoms with E-state index in [-0.39, 0.29) is 16.3 Å². The number of phenols is 1. The third-order valence-corrected chi connectivity index (χ3v) is 3.43. The van der Waals surface area contributed by atoms with E-state index in [2.05, 4.69) is 5.32 Å². The Labute approximate surface area is 139 Å². The average molecular weight is 327 g/mol. The van der Waals surface area contributed by atoms with E-state index in [1.54, 1.807) is 6.07 Å². The summed E-state index contributed by atoms with van der Waals surface area (Å²) >= 11 is 5.82. The van der Waals surface area contributed by atoms with E-state index < -0.39 is 5.91 Å². The fourth-order valence-electron chi connectivity index (χ4n) is 2.17. The van der Waals surface area contributed by atoms with Gasteiger partial charge in [0.1, 0.15) is 17.4 Å². The molecule has 23 heavy (non-hydrogen) atoms. The Bertz CT molecular complexity index is 815. The smallest absolute Gasteiger partial charge is 0.266 e. The number of halogens is 1. The van der Waals surface area contributed by atoms with Crippen molar-refractivity contribution in [2.45, 2.75) is 13.8 Å². The predicted octanol–water partition coefficient (Wildman–Crippen LogP) is 4.21. The standard InChI is InChI=1S/C18H15ClN2O2/c1-11-5-12(2)7-15(6-11)21-18(23)14(10-20)8-13-3-4-17(22)16(19)9-13/h3-9,22H,1-2H3,(H,21,23)/b14-8-. The van der Waals surface area contributed by atoms with Crippen LogP contribution in [0, 0.1) is 25.2 Å². The van der Waals surface area contributed by atoms with Crippen molar-refractivity contribution >= 4 is 29.3 Å². The number of phenolic OH excluding ortho intramolecular Hbond substituents is 1. The highest BCUT2D eigenvalue weighted by atomic mass is 35.5. The van der Waals surface area contributed by atoms with E-state index in [9.17, 15) is 15.2 Å². The number of rotatable bonds is 3. The first-order valence-corrected chi connectivity index (χ1v) is 7.27. The van der Waals surface area contributed by atoms with Gasteiger partial charge in [0, 0.05) is 5.69 Å². The fraction of sp³-hybridized carbons (Fsp3) is 0.111. The number of carbonyl (C=O) groups excluding carboxylic acids is 1. The number of nitrogens with zero attached hydrogens (tertiary/aromatic N) is 1. The van der Waals surface area contributed by atoms with Crippen LogP contribution in [-0.4, -0.2) is 11.0 Å². The van der Waals surface area contributed by atoms with Gasteiger partial charge >= 0.3 is 0 Å². The van der Waals surface area contributed by atoms with Crippen molar-refractivity contribution in [2.24, 2.45) is 0 Å². The molecule has 0 aliphatic carbocycles. The number of hydrogen-bond acceptors (Lipinski definition) is 3. The van der Waals surface area contributed by atoms with Crippen LogP contribution in [0.15, 0.2) is 42.0 Å². The third kappa shape index (κ3) is 4.35. The average Bonchev–Trinajstić information content (AvgIpc) is 2.47. The molecule has 2 aromatic carbocycles. The fourth-order valence-corrected chi connectivity index (χ4v) is 2.36. The lowest BCUT2D eigenvalue weighted by Crippen LogP contribution is -2.13. The number of benzene rings is 2. The predicted molar refractivity (Wildman–Crippen MR) is 91.3 cm³/mol. The normalized spacial score (nSPS) is 11.0. The Hall–Kier alpha value is -2.77. The molecule has 0 saturated heterocycles. The molecule has 0 bridgehead atoms. The van der Waals surface area contributed by atoms with Gasteiger partial charge in [0.15, 0.2) is 0 Å². The molecule has 0 aliphatic rings. The summed E-state index contributed by atoms with van der Waals surface area (Å²) in [4.78, 5) is 12.2. The monoisotopic (exact) mass is 326 g/mol. The van der Waals surface area contributed by atoms with Gasteiger partial charge in [-0.15, -0.1) is 0 Å². The lowest BCUT2D eigenvalue weighted by molar-refractivity contribution is -0.112. The summed E-state index contributed by atoms with van der Waals surface area (Å²) in [6.07, 6.45) is 1.42. The Kier molecular flexibility index (Phi) is 5.05. The maximum atomic E-state index is 12.2. The van der Waals surface area contributed by atoms with E-state index in [1.165, 1.54) is 18.2 Å². The maximum absolute atomic E-state index is 12.2. The lowest BCUT2D eigenvalue weighted by atomic mass is 10.1. The molecular formula is C18H15ClN2O2. The van der Waals surface area contributed by atoms with E-state index in [0.717, 1.165) is 11.1 Å². The van der Waals surface area contributed by atoms with Crippen LogP contribution in [0.25, 0.3) is 6.08 Å². The van der Waals surface area contributed by atoms with Gasteiger partial charge in [-0.25, -0.2) is 0 Å². The van der Waals surface area contributed by atoms with Gasteiger partial charge < -0.3 is 10.4 Å². The van der Waals surface area contributed by atoms with Crippen LogP contribution in [0.1, 0.15) is 16.7 Å². The molecule has 1 amide bonds. The topological polar surface area (TPSA) is 73.1 Å². The molecule has 2 aromatic rings. The van der Waals surface area contributed by atoms with Crippen molar-refractivity contribution in [2.75, 3.05) is 5.32 Å². The Morgan fingerprint density at radius 3 is 2.43 bits per heavy atom. The number of nitrogens with one attached hydrogen (secondary N) is 1. The second kappa shape index (κ2) is 6.99. The van der Waals surface area contributed by atoms with Gasteiger partial charge in [-0.05, 0) is 60.9 Å². The molecule has 0 aliphatic heterocycles. The third-order valence-electron chi connectivity index (χ3n) is 3.13. The van der Waals surface area contributed by atoms with Gasteiger partial charge in [-0.1, -0.05) is 23.7 Å². The zero-order valence-corrected chi connectivity index (χ0v) is 13.5.